The van der Waals surface area contributed by atoms with Crippen molar-refractivity contribution in [1.29, 1.82) is 0 Å². The number of aliphatic hydroxyl groups excluding tert-OH is 1. The van der Waals surface area contributed by atoms with E-state index in [-0.39, 0.29) is 35.8 Å². The van der Waals surface area contributed by atoms with Gasteiger partial charge in [0, 0.05) is 12.6 Å². The summed E-state index contributed by atoms with van der Waals surface area (Å²) in [7, 11) is 0. The molecular formula is C9H13Cl2NO2. The van der Waals surface area contributed by atoms with Crippen LogP contribution in [0.5, 0.6) is 5.75 Å². The highest BCUT2D eigenvalue weighted by Gasteiger charge is 2.07. The fourth-order valence-corrected chi connectivity index (χ4v) is 1.25. The van der Waals surface area contributed by atoms with E-state index in [4.69, 9.17) is 27.5 Å². The van der Waals surface area contributed by atoms with E-state index in [1.165, 1.54) is 6.07 Å². The number of phenolic OH excluding ortho intramolecular Hbond substituents is 1. The Morgan fingerprint density at radius 2 is 2.07 bits per heavy atom. The number of benzene rings is 1. The van der Waals surface area contributed by atoms with E-state index in [1.54, 1.807) is 12.1 Å². The fraction of sp³-hybridized carbons (Fsp3) is 0.333. The summed E-state index contributed by atoms with van der Waals surface area (Å²) in [5, 5.41) is 18.1. The number of aromatic hydroxyl groups is 1. The molecule has 0 aliphatic heterocycles. The summed E-state index contributed by atoms with van der Waals surface area (Å²) >= 11 is 5.69. The van der Waals surface area contributed by atoms with Crippen molar-refractivity contribution in [2.75, 3.05) is 6.61 Å². The number of hydrogen-bond donors (Lipinski definition) is 3. The van der Waals surface area contributed by atoms with Crippen molar-refractivity contribution in [3.63, 3.8) is 0 Å². The molecule has 0 radical (unpaired) electrons. The topological polar surface area (TPSA) is 66.5 Å². The highest BCUT2D eigenvalue weighted by Crippen LogP contribution is 2.26. The Hall–Kier alpha value is -0.480. The lowest BCUT2D eigenvalue weighted by Gasteiger charge is -2.10. The van der Waals surface area contributed by atoms with Crippen LogP contribution in [0, 0.1) is 0 Å². The van der Waals surface area contributed by atoms with Gasteiger partial charge in [-0.05, 0) is 24.1 Å². The van der Waals surface area contributed by atoms with Crippen molar-refractivity contribution in [1.82, 2.24) is 0 Å². The molecule has 3 nitrogen and oxygen atoms in total. The van der Waals surface area contributed by atoms with Crippen LogP contribution in [0.4, 0.5) is 0 Å². The number of aliphatic hydroxyl groups is 1. The molecule has 0 aliphatic rings. The van der Waals surface area contributed by atoms with Crippen LogP contribution in [-0.4, -0.2) is 16.8 Å². The Morgan fingerprint density at radius 3 is 2.57 bits per heavy atom. The Balaban J connectivity index is 0.00000169. The van der Waals surface area contributed by atoms with Crippen LogP contribution in [0.1, 0.15) is 18.0 Å². The first-order valence-electron chi connectivity index (χ1n) is 4.00. The Bertz CT molecular complexity index is 294. The van der Waals surface area contributed by atoms with Crippen molar-refractivity contribution in [2.45, 2.75) is 12.5 Å². The van der Waals surface area contributed by atoms with Crippen molar-refractivity contribution >= 4 is 24.0 Å². The second-order valence-electron chi connectivity index (χ2n) is 2.83. The van der Waals surface area contributed by atoms with Crippen LogP contribution in [-0.2, 0) is 0 Å². The molecule has 80 valence electrons. The molecule has 0 spiro atoms. The van der Waals surface area contributed by atoms with E-state index in [9.17, 15) is 0 Å². The molecule has 0 fully saturated rings. The van der Waals surface area contributed by atoms with Crippen LogP contribution in [0.15, 0.2) is 18.2 Å². The van der Waals surface area contributed by atoms with E-state index in [1.807, 2.05) is 0 Å². The molecule has 0 amide bonds. The Kier molecular flexibility index (Phi) is 5.88. The van der Waals surface area contributed by atoms with E-state index < -0.39 is 0 Å². The zero-order chi connectivity index (χ0) is 9.84. The first-order valence-corrected chi connectivity index (χ1v) is 4.38. The number of nitrogens with two attached hydrogens (primary N) is 1. The van der Waals surface area contributed by atoms with Gasteiger partial charge in [-0.3, -0.25) is 0 Å². The Labute approximate surface area is 93.9 Å². The van der Waals surface area contributed by atoms with Crippen molar-refractivity contribution in [3.8, 4) is 5.75 Å². The summed E-state index contributed by atoms with van der Waals surface area (Å²) in [4.78, 5) is 0. The lowest BCUT2D eigenvalue weighted by Crippen LogP contribution is -2.11. The molecule has 0 unspecified atom stereocenters. The highest BCUT2D eigenvalue weighted by molar-refractivity contribution is 6.32. The minimum atomic E-state index is -0.233. The molecule has 1 aromatic carbocycles. The molecule has 0 heterocycles. The second kappa shape index (κ2) is 6.09. The highest BCUT2D eigenvalue weighted by atomic mass is 35.5. The van der Waals surface area contributed by atoms with Crippen molar-refractivity contribution in [3.05, 3.63) is 28.8 Å². The molecule has 14 heavy (non-hydrogen) atoms. The van der Waals surface area contributed by atoms with E-state index in [0.29, 0.717) is 6.42 Å². The van der Waals surface area contributed by atoms with Gasteiger partial charge in [0.1, 0.15) is 5.75 Å². The van der Waals surface area contributed by atoms with E-state index in [0.717, 1.165) is 5.56 Å². The molecule has 4 N–H and O–H groups in total. The van der Waals surface area contributed by atoms with Gasteiger partial charge in [-0.15, -0.1) is 12.4 Å². The van der Waals surface area contributed by atoms with Gasteiger partial charge in [0.15, 0.2) is 0 Å². The third-order valence-electron chi connectivity index (χ3n) is 1.84. The van der Waals surface area contributed by atoms with Crippen LogP contribution in [0.2, 0.25) is 5.02 Å². The monoisotopic (exact) mass is 237 g/mol. The summed E-state index contributed by atoms with van der Waals surface area (Å²) < 4.78 is 0. The summed E-state index contributed by atoms with van der Waals surface area (Å²) in [6.45, 7) is 0.0413. The number of rotatable bonds is 3. The van der Waals surface area contributed by atoms with E-state index >= 15 is 0 Å². The Morgan fingerprint density at radius 1 is 1.43 bits per heavy atom. The third kappa shape index (κ3) is 3.35. The minimum absolute atomic E-state index is 0. The standard InChI is InChI=1S/C9H12ClNO2.ClH/c10-7-5-6(1-2-9(7)13)8(11)3-4-12;/h1-2,5,8,12-13H,3-4,11H2;1H/t8-;/m0./s1. The molecule has 1 rings (SSSR count). The lowest BCUT2D eigenvalue weighted by molar-refractivity contribution is 0.276. The third-order valence-corrected chi connectivity index (χ3v) is 2.14. The van der Waals surface area contributed by atoms with Crippen LogP contribution in [0.3, 0.4) is 0 Å². The fourth-order valence-electron chi connectivity index (χ4n) is 1.06. The van der Waals surface area contributed by atoms with Gasteiger partial charge >= 0.3 is 0 Å². The quantitative estimate of drug-likeness (QED) is 0.752. The van der Waals surface area contributed by atoms with Crippen molar-refractivity contribution < 1.29 is 10.2 Å². The zero-order valence-corrected chi connectivity index (χ0v) is 9.05. The number of halogens is 2. The predicted octanol–water partition coefficient (Wildman–Crippen LogP) is 1.85. The summed E-state index contributed by atoms with van der Waals surface area (Å²) in [6.07, 6.45) is 0.487. The van der Waals surface area contributed by atoms with Crippen LogP contribution < -0.4 is 5.73 Å². The van der Waals surface area contributed by atoms with Gasteiger partial charge in [-0.1, -0.05) is 17.7 Å². The second-order valence-corrected chi connectivity index (χ2v) is 3.24. The molecule has 0 aliphatic carbocycles. The maximum Gasteiger partial charge on any atom is 0.134 e. The van der Waals surface area contributed by atoms with Gasteiger partial charge in [0.05, 0.1) is 5.02 Å². The molecular weight excluding hydrogens is 225 g/mol. The van der Waals surface area contributed by atoms with Crippen LogP contribution >= 0.6 is 24.0 Å². The summed E-state index contributed by atoms with van der Waals surface area (Å²) in [6, 6.07) is 4.57. The largest absolute Gasteiger partial charge is 0.506 e. The maximum atomic E-state index is 9.13. The first kappa shape index (κ1) is 13.5. The van der Waals surface area contributed by atoms with E-state index in [2.05, 4.69) is 0 Å². The first-order chi connectivity index (χ1) is 6.15. The molecule has 1 aromatic rings. The molecule has 0 aromatic heterocycles. The summed E-state index contributed by atoms with van der Waals surface area (Å²) in [5.74, 6) is 0.0432. The zero-order valence-electron chi connectivity index (χ0n) is 7.48. The van der Waals surface area contributed by atoms with Gasteiger partial charge in [-0.25, -0.2) is 0 Å². The average Bonchev–Trinajstić information content (AvgIpc) is 2.10. The lowest BCUT2D eigenvalue weighted by atomic mass is 10.1. The molecule has 0 bridgehead atoms. The average molecular weight is 238 g/mol. The summed E-state index contributed by atoms with van der Waals surface area (Å²) in [5.41, 5.74) is 6.54. The van der Waals surface area contributed by atoms with Crippen molar-refractivity contribution in [2.24, 2.45) is 5.73 Å². The number of hydrogen-bond acceptors (Lipinski definition) is 3. The van der Waals surface area contributed by atoms with Gasteiger partial charge in [-0.2, -0.15) is 0 Å². The predicted molar refractivity (Wildman–Crippen MR) is 59.0 cm³/mol. The van der Waals surface area contributed by atoms with Gasteiger partial charge < -0.3 is 15.9 Å². The molecule has 1 atom stereocenters. The SMILES string of the molecule is Cl.N[C@@H](CCO)c1ccc(O)c(Cl)c1. The van der Waals surface area contributed by atoms with Gasteiger partial charge in [0.2, 0.25) is 0 Å². The smallest absolute Gasteiger partial charge is 0.134 e. The minimum Gasteiger partial charge on any atom is -0.506 e. The molecule has 5 heteroatoms. The molecule has 0 saturated carbocycles. The maximum absolute atomic E-state index is 9.13. The van der Waals surface area contributed by atoms with Crippen LogP contribution in [0.25, 0.3) is 0 Å². The van der Waals surface area contributed by atoms with Gasteiger partial charge in [0.25, 0.3) is 0 Å². The molecule has 0 saturated heterocycles. The normalized spacial score (nSPS) is 11.9. The number of phenols is 1.